The van der Waals surface area contributed by atoms with Crippen LogP contribution in [0.4, 0.5) is 10.1 Å². The Labute approximate surface area is 112 Å². The average molecular weight is 261 g/mol. The molecule has 4 heteroatoms. The van der Waals surface area contributed by atoms with E-state index in [0.29, 0.717) is 31.0 Å². The Hall–Kier alpha value is -2.02. The lowest BCUT2D eigenvalue weighted by atomic mass is 10.1. The second-order valence-corrected chi connectivity index (χ2v) is 4.53. The Morgan fingerprint density at radius 2 is 2.37 bits per heavy atom. The fraction of sp³-hybridized carbons (Fsp3) is 0.400. The minimum atomic E-state index is -0.380. The van der Waals surface area contributed by atoms with E-state index in [1.54, 1.807) is 11.0 Å². The number of carbonyl (C=O) groups is 1. The minimum Gasteiger partial charge on any atom is -0.491 e. The molecule has 100 valence electrons. The van der Waals surface area contributed by atoms with Gasteiger partial charge in [-0.15, -0.1) is 12.3 Å². The largest absolute Gasteiger partial charge is 0.491 e. The van der Waals surface area contributed by atoms with Crippen LogP contribution in [-0.4, -0.2) is 19.1 Å². The van der Waals surface area contributed by atoms with Crippen LogP contribution in [0.5, 0.6) is 5.75 Å². The van der Waals surface area contributed by atoms with Gasteiger partial charge >= 0.3 is 0 Å². The lowest BCUT2D eigenvalue weighted by Gasteiger charge is -2.20. The van der Waals surface area contributed by atoms with Crippen molar-refractivity contribution in [3.8, 4) is 18.1 Å². The molecule has 0 aliphatic carbocycles. The van der Waals surface area contributed by atoms with E-state index < -0.39 is 0 Å². The lowest BCUT2D eigenvalue weighted by Crippen LogP contribution is -2.25. The first kappa shape index (κ1) is 13.4. The Kier molecular flexibility index (Phi) is 4.06. The monoisotopic (exact) mass is 261 g/mol. The topological polar surface area (TPSA) is 29.5 Å². The summed E-state index contributed by atoms with van der Waals surface area (Å²) >= 11 is 0. The zero-order chi connectivity index (χ0) is 13.8. The van der Waals surface area contributed by atoms with Crippen molar-refractivity contribution in [2.45, 2.75) is 19.8 Å². The smallest absolute Gasteiger partial charge is 0.228 e. The number of ether oxygens (including phenoxy) is 1. The number of nitrogens with zero attached hydrogens (tertiary/aromatic N) is 1. The first-order valence-corrected chi connectivity index (χ1v) is 6.34. The van der Waals surface area contributed by atoms with E-state index in [9.17, 15) is 9.18 Å². The van der Waals surface area contributed by atoms with E-state index in [0.717, 1.165) is 6.42 Å². The SMILES string of the molecule is C#CC1CC(=O)N(c2ccc(F)cc2OCCC)C1. The summed E-state index contributed by atoms with van der Waals surface area (Å²) in [6.45, 7) is 2.91. The van der Waals surface area contributed by atoms with E-state index in [1.165, 1.54) is 12.1 Å². The van der Waals surface area contributed by atoms with Crippen LogP contribution in [0.2, 0.25) is 0 Å². The van der Waals surface area contributed by atoms with Crippen molar-refractivity contribution in [2.24, 2.45) is 5.92 Å². The van der Waals surface area contributed by atoms with Gasteiger partial charge in [0.1, 0.15) is 11.6 Å². The number of benzene rings is 1. The molecule has 0 aromatic heterocycles. The maximum atomic E-state index is 13.3. The number of anilines is 1. The quantitative estimate of drug-likeness (QED) is 0.780. The summed E-state index contributed by atoms with van der Waals surface area (Å²) in [5, 5.41) is 0. The fourth-order valence-corrected chi connectivity index (χ4v) is 2.09. The minimum absolute atomic E-state index is 0.0455. The van der Waals surface area contributed by atoms with E-state index in [2.05, 4.69) is 5.92 Å². The molecule has 1 aromatic carbocycles. The molecule has 0 spiro atoms. The molecule has 1 saturated heterocycles. The van der Waals surface area contributed by atoms with Crippen LogP contribution in [0.25, 0.3) is 0 Å². The van der Waals surface area contributed by atoms with E-state index >= 15 is 0 Å². The molecule has 0 bridgehead atoms. The molecular weight excluding hydrogens is 245 g/mol. The van der Waals surface area contributed by atoms with Crippen LogP contribution in [0.15, 0.2) is 18.2 Å². The molecule has 1 atom stereocenters. The van der Waals surface area contributed by atoms with Crippen LogP contribution in [0, 0.1) is 24.1 Å². The van der Waals surface area contributed by atoms with Gasteiger partial charge < -0.3 is 9.64 Å². The molecule has 0 saturated carbocycles. The molecule has 3 nitrogen and oxygen atoms in total. The van der Waals surface area contributed by atoms with Crippen LogP contribution in [0.3, 0.4) is 0 Å². The predicted molar refractivity (Wildman–Crippen MR) is 71.5 cm³/mol. The van der Waals surface area contributed by atoms with E-state index in [-0.39, 0.29) is 17.6 Å². The van der Waals surface area contributed by atoms with Crippen molar-refractivity contribution >= 4 is 11.6 Å². The molecule has 1 aliphatic heterocycles. The fourth-order valence-electron chi connectivity index (χ4n) is 2.09. The third-order valence-electron chi connectivity index (χ3n) is 3.04. The number of halogens is 1. The molecule has 1 heterocycles. The Morgan fingerprint density at radius 1 is 1.58 bits per heavy atom. The highest BCUT2D eigenvalue weighted by Gasteiger charge is 2.31. The number of hydrogen-bond acceptors (Lipinski definition) is 2. The molecule has 1 amide bonds. The lowest BCUT2D eigenvalue weighted by molar-refractivity contribution is -0.117. The summed E-state index contributed by atoms with van der Waals surface area (Å²) in [5.41, 5.74) is 0.595. The summed E-state index contributed by atoms with van der Waals surface area (Å²) in [4.78, 5) is 13.5. The molecule has 0 N–H and O–H groups in total. The van der Waals surface area contributed by atoms with Gasteiger partial charge in [-0.1, -0.05) is 6.92 Å². The third kappa shape index (κ3) is 2.87. The number of carbonyl (C=O) groups excluding carboxylic acids is 1. The average Bonchev–Trinajstić information content (AvgIpc) is 2.78. The zero-order valence-electron chi connectivity index (χ0n) is 10.9. The predicted octanol–water partition coefficient (Wildman–Crippen LogP) is 2.60. The summed E-state index contributed by atoms with van der Waals surface area (Å²) in [5.74, 6) is 2.48. The van der Waals surface area contributed by atoms with Gasteiger partial charge in [-0.3, -0.25) is 4.79 Å². The van der Waals surface area contributed by atoms with Crippen molar-refractivity contribution in [3.63, 3.8) is 0 Å². The number of amides is 1. The molecule has 0 radical (unpaired) electrons. The molecule has 1 fully saturated rings. The van der Waals surface area contributed by atoms with Crippen LogP contribution >= 0.6 is 0 Å². The number of rotatable bonds is 4. The van der Waals surface area contributed by atoms with Crippen molar-refractivity contribution < 1.29 is 13.9 Å². The van der Waals surface area contributed by atoms with Gasteiger partial charge in [-0.25, -0.2) is 4.39 Å². The highest BCUT2D eigenvalue weighted by Crippen LogP contribution is 2.33. The number of terminal acetylenes is 1. The van der Waals surface area contributed by atoms with Gasteiger partial charge in [-0.2, -0.15) is 0 Å². The molecule has 1 aliphatic rings. The molecule has 1 unspecified atom stereocenters. The first-order chi connectivity index (χ1) is 9.15. The van der Waals surface area contributed by atoms with Gasteiger partial charge in [0.15, 0.2) is 0 Å². The van der Waals surface area contributed by atoms with Crippen molar-refractivity contribution in [1.82, 2.24) is 0 Å². The third-order valence-corrected chi connectivity index (χ3v) is 3.04. The van der Waals surface area contributed by atoms with E-state index in [4.69, 9.17) is 11.2 Å². The molecule has 1 aromatic rings. The molecule has 2 rings (SSSR count). The van der Waals surface area contributed by atoms with Crippen LogP contribution in [0.1, 0.15) is 19.8 Å². The second-order valence-electron chi connectivity index (χ2n) is 4.53. The van der Waals surface area contributed by atoms with Gasteiger partial charge in [-0.05, 0) is 18.6 Å². The zero-order valence-corrected chi connectivity index (χ0v) is 10.9. The standard InChI is InChI=1S/C15H16FNO2/c1-3-7-19-14-9-12(16)5-6-13(14)17-10-11(4-2)8-15(17)18/h2,5-6,9,11H,3,7-8,10H2,1H3. The molecular formula is C15H16FNO2. The summed E-state index contributed by atoms with van der Waals surface area (Å²) in [7, 11) is 0. The van der Waals surface area contributed by atoms with Gasteiger partial charge in [0, 0.05) is 24.9 Å². The van der Waals surface area contributed by atoms with Crippen molar-refractivity contribution in [2.75, 3.05) is 18.1 Å². The van der Waals surface area contributed by atoms with Gasteiger partial charge in [0.05, 0.1) is 12.3 Å². The maximum Gasteiger partial charge on any atom is 0.228 e. The maximum absolute atomic E-state index is 13.3. The second kappa shape index (κ2) is 5.75. The Bertz CT molecular complexity index is 521. The summed E-state index contributed by atoms with van der Waals surface area (Å²) < 4.78 is 18.8. The van der Waals surface area contributed by atoms with Crippen molar-refractivity contribution in [3.05, 3.63) is 24.0 Å². The normalized spacial score (nSPS) is 18.5. The number of hydrogen-bond donors (Lipinski definition) is 0. The summed E-state index contributed by atoms with van der Waals surface area (Å²) in [6.07, 6.45) is 6.51. The Balaban J connectivity index is 2.29. The highest BCUT2D eigenvalue weighted by atomic mass is 19.1. The van der Waals surface area contributed by atoms with Crippen LogP contribution < -0.4 is 9.64 Å². The first-order valence-electron chi connectivity index (χ1n) is 6.34. The van der Waals surface area contributed by atoms with Crippen molar-refractivity contribution in [1.29, 1.82) is 0 Å². The van der Waals surface area contributed by atoms with Crippen LogP contribution in [-0.2, 0) is 4.79 Å². The van der Waals surface area contributed by atoms with E-state index in [1.807, 2.05) is 6.92 Å². The highest BCUT2D eigenvalue weighted by molar-refractivity contribution is 5.97. The Morgan fingerprint density at radius 3 is 3.00 bits per heavy atom. The van der Waals surface area contributed by atoms with Gasteiger partial charge in [0.2, 0.25) is 5.91 Å². The van der Waals surface area contributed by atoms with Gasteiger partial charge in [0.25, 0.3) is 0 Å². The summed E-state index contributed by atoms with van der Waals surface area (Å²) in [6, 6.07) is 4.20. The molecule has 19 heavy (non-hydrogen) atoms.